The number of amides is 3. The molecule has 5 rings (SSSR count). The molecule has 3 amide bonds. The number of anilines is 2. The van der Waals surface area contributed by atoms with Gasteiger partial charge in [-0.3, -0.25) is 19.7 Å². The monoisotopic (exact) mass is 597 g/mol. The second-order valence-electron chi connectivity index (χ2n) is 12.8. The molecule has 2 aliphatic heterocycles. The van der Waals surface area contributed by atoms with E-state index in [2.05, 4.69) is 42.0 Å². The highest BCUT2D eigenvalue weighted by Gasteiger charge is 2.66. The van der Waals surface area contributed by atoms with Gasteiger partial charge in [0.1, 0.15) is 17.0 Å². The molecule has 2 unspecified atom stereocenters. The minimum Gasteiger partial charge on any atom is -0.495 e. The highest BCUT2D eigenvalue weighted by Crippen LogP contribution is 2.57. The van der Waals surface area contributed by atoms with Crippen molar-refractivity contribution in [2.75, 3.05) is 17.7 Å². The molecule has 3 aromatic rings. The number of methoxy groups -OCH3 is 1. The van der Waals surface area contributed by atoms with E-state index in [4.69, 9.17) is 10.00 Å². The van der Waals surface area contributed by atoms with Gasteiger partial charge in [0, 0.05) is 23.2 Å². The van der Waals surface area contributed by atoms with Crippen molar-refractivity contribution >= 4 is 29.1 Å². The predicted molar refractivity (Wildman–Crippen MR) is 165 cm³/mol. The van der Waals surface area contributed by atoms with Crippen LogP contribution in [0.4, 0.5) is 15.8 Å². The third-order valence-electron chi connectivity index (χ3n) is 8.55. The molecule has 2 aliphatic rings. The fourth-order valence-corrected chi connectivity index (χ4v) is 6.71. The van der Waals surface area contributed by atoms with Gasteiger partial charge in [-0.05, 0) is 72.2 Å². The van der Waals surface area contributed by atoms with E-state index in [0.29, 0.717) is 17.7 Å². The van der Waals surface area contributed by atoms with Crippen LogP contribution in [0.3, 0.4) is 0 Å². The zero-order valence-electron chi connectivity index (χ0n) is 25.6. The first-order valence-electron chi connectivity index (χ1n) is 14.4. The van der Waals surface area contributed by atoms with Crippen LogP contribution in [0, 0.1) is 36.5 Å². The van der Waals surface area contributed by atoms with Crippen LogP contribution >= 0.6 is 0 Å². The Labute approximate surface area is 256 Å². The van der Waals surface area contributed by atoms with Crippen molar-refractivity contribution in [3.63, 3.8) is 0 Å². The van der Waals surface area contributed by atoms with Gasteiger partial charge in [0.15, 0.2) is 6.19 Å². The maximum atomic E-state index is 16.1. The Balaban J connectivity index is 1.67. The number of aryl methyl sites for hydroxylation is 2. The molecule has 0 radical (unpaired) electrons. The number of carbonyl (C=O) groups excluding carboxylic acids is 3. The number of nitrogens with zero attached hydrogens (tertiary/aromatic N) is 1. The Morgan fingerprint density at radius 2 is 1.86 bits per heavy atom. The van der Waals surface area contributed by atoms with Gasteiger partial charge in [-0.25, -0.2) is 4.39 Å². The van der Waals surface area contributed by atoms with E-state index in [-0.39, 0.29) is 33.9 Å². The number of halogens is 1. The first kappa shape index (κ1) is 30.7. The number of hydrogen-bond acceptors (Lipinski definition) is 6. The summed E-state index contributed by atoms with van der Waals surface area (Å²) in [5, 5.41) is 20.3. The standard InChI is InChI=1S/C34H36FN5O4/c1-18-10-12-22-24(14-18)39-32(43)34(22)26(16-33(3,4)5)40-29(27(34)21-9-7-8-19(2)28(21)35)31(42)38-23-13-11-20(15-25(23)44-6)30(41)37-17-36/h7-15,26-27,29,40H,16H2,1-6H3,(H,37,41)(H,38,42)(H,39,43)/t26?,27?,29-,34-/m1/s1. The summed E-state index contributed by atoms with van der Waals surface area (Å²) in [6.07, 6.45) is 2.11. The number of benzene rings is 3. The van der Waals surface area contributed by atoms with Crippen LogP contribution in [0.15, 0.2) is 54.6 Å². The smallest absolute Gasteiger partial charge is 0.264 e. The third kappa shape index (κ3) is 5.18. The van der Waals surface area contributed by atoms with Crippen molar-refractivity contribution in [3.8, 4) is 11.9 Å². The van der Waals surface area contributed by atoms with Crippen LogP contribution in [-0.4, -0.2) is 36.9 Å². The molecule has 3 aromatic carbocycles. The molecule has 228 valence electrons. The quantitative estimate of drug-likeness (QED) is 0.232. The number of nitriles is 1. The number of carbonyl (C=O) groups is 3. The zero-order valence-corrected chi connectivity index (χ0v) is 25.6. The third-order valence-corrected chi connectivity index (χ3v) is 8.55. The van der Waals surface area contributed by atoms with E-state index < -0.39 is 41.0 Å². The Hall–Kier alpha value is -4.75. The molecule has 2 heterocycles. The molecule has 0 aliphatic carbocycles. The average Bonchev–Trinajstić information content (AvgIpc) is 3.43. The fraction of sp³-hybridized carbons (Fsp3) is 0.353. The molecule has 4 atom stereocenters. The van der Waals surface area contributed by atoms with Gasteiger partial charge in [0.25, 0.3) is 5.91 Å². The van der Waals surface area contributed by atoms with Crippen LogP contribution in [0.2, 0.25) is 0 Å². The molecule has 4 N–H and O–H groups in total. The lowest BCUT2D eigenvalue weighted by molar-refractivity contribution is -0.122. The van der Waals surface area contributed by atoms with Crippen LogP contribution < -0.4 is 26.0 Å². The van der Waals surface area contributed by atoms with Gasteiger partial charge in [0.05, 0.1) is 18.8 Å². The van der Waals surface area contributed by atoms with Crippen LogP contribution in [0.5, 0.6) is 5.75 Å². The lowest BCUT2D eigenvalue weighted by Crippen LogP contribution is -2.49. The topological polar surface area (TPSA) is 132 Å². The van der Waals surface area contributed by atoms with Gasteiger partial charge in [-0.1, -0.05) is 51.1 Å². The first-order valence-corrected chi connectivity index (χ1v) is 14.4. The first-order chi connectivity index (χ1) is 20.8. The second kappa shape index (κ2) is 11.4. The van der Waals surface area contributed by atoms with E-state index in [1.54, 1.807) is 31.3 Å². The molecule has 9 nitrogen and oxygen atoms in total. The number of nitrogens with one attached hydrogen (secondary N) is 4. The number of rotatable bonds is 6. The van der Waals surface area contributed by atoms with Gasteiger partial charge in [-0.2, -0.15) is 5.26 Å². The van der Waals surface area contributed by atoms with Crippen LogP contribution in [-0.2, 0) is 15.0 Å². The van der Waals surface area contributed by atoms with Gasteiger partial charge in [0.2, 0.25) is 11.8 Å². The Morgan fingerprint density at radius 1 is 1.11 bits per heavy atom. The summed E-state index contributed by atoms with van der Waals surface area (Å²) in [7, 11) is 1.39. The molecular weight excluding hydrogens is 561 g/mol. The second-order valence-corrected chi connectivity index (χ2v) is 12.8. The zero-order chi connectivity index (χ0) is 32.0. The van der Waals surface area contributed by atoms with Gasteiger partial charge in [-0.15, -0.1) is 0 Å². The van der Waals surface area contributed by atoms with E-state index in [9.17, 15) is 14.4 Å². The minimum absolute atomic E-state index is 0.166. The molecule has 44 heavy (non-hydrogen) atoms. The van der Waals surface area contributed by atoms with Crippen molar-refractivity contribution in [2.24, 2.45) is 5.41 Å². The van der Waals surface area contributed by atoms with Crippen molar-refractivity contribution in [2.45, 2.75) is 64.5 Å². The summed E-state index contributed by atoms with van der Waals surface area (Å²) in [5.74, 6) is -2.58. The lowest BCUT2D eigenvalue weighted by Gasteiger charge is -2.37. The van der Waals surface area contributed by atoms with Crippen LogP contribution in [0.25, 0.3) is 0 Å². The summed E-state index contributed by atoms with van der Waals surface area (Å²) in [6.45, 7) is 9.80. The molecule has 1 saturated heterocycles. The van der Waals surface area contributed by atoms with Gasteiger partial charge < -0.3 is 20.7 Å². The molecule has 0 bridgehead atoms. The molecule has 1 fully saturated rings. The predicted octanol–water partition coefficient (Wildman–Crippen LogP) is 5.05. The summed E-state index contributed by atoms with van der Waals surface area (Å²) in [4.78, 5) is 40.8. The van der Waals surface area contributed by atoms with E-state index >= 15 is 4.39 Å². The summed E-state index contributed by atoms with van der Waals surface area (Å²) < 4.78 is 21.6. The minimum atomic E-state index is -1.30. The molecule has 1 spiro atoms. The average molecular weight is 598 g/mol. The Kier molecular flexibility index (Phi) is 7.95. The molecule has 0 saturated carbocycles. The normalized spacial score (nSPS) is 22.2. The number of fused-ring (bicyclic) bond motifs is 2. The molecular formula is C34H36FN5O4. The van der Waals surface area contributed by atoms with E-state index in [1.165, 1.54) is 25.3 Å². The number of hydrogen-bond donors (Lipinski definition) is 4. The highest BCUT2D eigenvalue weighted by atomic mass is 19.1. The maximum absolute atomic E-state index is 16.1. The maximum Gasteiger partial charge on any atom is 0.264 e. The van der Waals surface area contributed by atoms with Crippen molar-refractivity contribution in [1.29, 1.82) is 5.26 Å². The van der Waals surface area contributed by atoms with Crippen molar-refractivity contribution < 1.29 is 23.5 Å². The Bertz CT molecular complexity index is 1710. The summed E-state index contributed by atoms with van der Waals surface area (Å²) >= 11 is 0. The van der Waals surface area contributed by atoms with Gasteiger partial charge >= 0.3 is 0 Å². The van der Waals surface area contributed by atoms with Crippen molar-refractivity contribution in [3.05, 3.63) is 88.2 Å². The fourth-order valence-electron chi connectivity index (χ4n) is 6.71. The Morgan fingerprint density at radius 3 is 2.55 bits per heavy atom. The van der Waals surface area contributed by atoms with E-state index in [0.717, 1.165) is 11.1 Å². The summed E-state index contributed by atoms with van der Waals surface area (Å²) in [6, 6.07) is 13.6. The lowest BCUT2D eigenvalue weighted by atomic mass is 9.62. The summed E-state index contributed by atoms with van der Waals surface area (Å²) in [5.41, 5.74) is 1.92. The largest absolute Gasteiger partial charge is 0.495 e. The van der Waals surface area contributed by atoms with Crippen molar-refractivity contribution in [1.82, 2.24) is 10.6 Å². The van der Waals surface area contributed by atoms with E-state index in [1.807, 2.05) is 25.1 Å². The molecule has 0 aromatic heterocycles. The molecule has 10 heteroatoms. The highest BCUT2D eigenvalue weighted by molar-refractivity contribution is 6.10. The number of ether oxygens (including phenoxy) is 1. The van der Waals surface area contributed by atoms with Crippen LogP contribution in [0.1, 0.15) is 65.7 Å². The SMILES string of the molecule is COc1cc(C(=O)NC#N)ccc1NC(=O)[C@@H]1NC(CC(C)(C)C)[C@@]2(C(=O)Nc3cc(C)ccc32)C1c1cccc(C)c1F.